The molecule has 10 rings (SSSR count). The molecule has 0 unspecified atom stereocenters. The summed E-state index contributed by atoms with van der Waals surface area (Å²) in [4.78, 5) is 2.40. The minimum Gasteiger partial charge on any atom is -0.316 e. The van der Waals surface area contributed by atoms with Crippen molar-refractivity contribution in [2.24, 2.45) is 0 Å². The smallest absolute Gasteiger partial charge is 0.0635 e. The predicted molar refractivity (Wildman–Crippen MR) is 261 cm³/mol. The molecule has 61 heavy (non-hydrogen) atoms. The molecule has 3 heteroatoms. The van der Waals surface area contributed by atoms with E-state index in [1.165, 1.54) is 60.6 Å². The van der Waals surface area contributed by atoms with Crippen LogP contribution in [-0.2, 0) is 10.8 Å². The van der Waals surface area contributed by atoms with Gasteiger partial charge in [-0.2, -0.15) is 0 Å². The van der Waals surface area contributed by atoms with Crippen molar-refractivity contribution < 1.29 is 0 Å². The molecule has 0 amide bonds. The largest absolute Gasteiger partial charge is 0.316 e. The van der Waals surface area contributed by atoms with Crippen molar-refractivity contribution in [3.63, 3.8) is 0 Å². The molecule has 0 N–H and O–H groups in total. The highest BCUT2D eigenvalue weighted by molar-refractivity contribution is 6.18. The second-order valence-electron chi connectivity index (χ2n) is 18.4. The third-order valence-corrected chi connectivity index (χ3v) is 12.2. The van der Waals surface area contributed by atoms with E-state index in [-0.39, 0.29) is 10.8 Å². The maximum atomic E-state index is 2.47. The zero-order valence-corrected chi connectivity index (χ0v) is 35.9. The number of anilines is 3. The van der Waals surface area contributed by atoms with Gasteiger partial charge in [-0.25, -0.2) is 0 Å². The van der Waals surface area contributed by atoms with Crippen LogP contribution in [0.3, 0.4) is 0 Å². The molecule has 2 aromatic heterocycles. The second-order valence-corrected chi connectivity index (χ2v) is 18.4. The van der Waals surface area contributed by atoms with E-state index in [4.69, 9.17) is 0 Å². The molecule has 0 fully saturated rings. The molecule has 0 aliphatic rings. The second kappa shape index (κ2) is 14.9. The molecule has 3 nitrogen and oxygen atoms in total. The molecule has 0 bridgehead atoms. The molecule has 0 saturated carbocycles. The average Bonchev–Trinajstić information content (AvgIpc) is 3.87. The minimum atomic E-state index is 0.0628. The zero-order chi connectivity index (χ0) is 41.9. The summed E-state index contributed by atoms with van der Waals surface area (Å²) < 4.78 is 4.83. The van der Waals surface area contributed by atoms with Gasteiger partial charge in [0.05, 0.1) is 16.6 Å². The Bertz CT molecular complexity index is 3060. The van der Waals surface area contributed by atoms with Crippen molar-refractivity contribution >= 4 is 49.8 Å². The summed E-state index contributed by atoms with van der Waals surface area (Å²) in [6.45, 7) is 13.6. The third kappa shape index (κ3) is 7.00. The first-order valence-electron chi connectivity index (χ1n) is 21.4. The van der Waals surface area contributed by atoms with Crippen molar-refractivity contribution in [3.8, 4) is 33.6 Å². The third-order valence-electron chi connectivity index (χ3n) is 12.2. The van der Waals surface area contributed by atoms with Crippen LogP contribution in [0.1, 0.15) is 52.7 Å². The highest BCUT2D eigenvalue weighted by Crippen LogP contribution is 2.42. The SMILES string of the molecule is CC(C)(C)c1ccc(N(c2ccc(C(C)(C)C)cc2)c2cccc(-n3c4ccccc4c4ccc5c(ccn5-c5cc(-c6ccccc6)cc(-c6ccccc6)c5)c43)c2)cc1. The Morgan fingerprint density at radius 3 is 1.49 bits per heavy atom. The van der Waals surface area contributed by atoms with E-state index in [1.54, 1.807) is 0 Å². The van der Waals surface area contributed by atoms with Gasteiger partial charge in [0.1, 0.15) is 0 Å². The number of rotatable bonds is 7. The topological polar surface area (TPSA) is 13.1 Å². The number of benzene rings is 8. The van der Waals surface area contributed by atoms with Crippen LogP contribution in [0.2, 0.25) is 0 Å². The molecule has 0 spiro atoms. The van der Waals surface area contributed by atoms with Gasteiger partial charge in [0.25, 0.3) is 0 Å². The predicted octanol–water partition coefficient (Wildman–Crippen LogP) is 16.1. The molecule has 0 saturated heterocycles. The number of hydrogen-bond acceptors (Lipinski definition) is 1. The summed E-state index contributed by atoms with van der Waals surface area (Å²) in [7, 11) is 0. The molecular weight excluding hydrogens is 739 g/mol. The molecule has 0 radical (unpaired) electrons. The van der Waals surface area contributed by atoms with Gasteiger partial charge < -0.3 is 14.0 Å². The Morgan fingerprint density at radius 2 is 0.918 bits per heavy atom. The van der Waals surface area contributed by atoms with E-state index >= 15 is 0 Å². The summed E-state index contributed by atoms with van der Waals surface area (Å²) in [5, 5.41) is 3.68. The molecule has 0 atom stereocenters. The summed E-state index contributed by atoms with van der Waals surface area (Å²) >= 11 is 0. The molecule has 0 aliphatic heterocycles. The summed E-state index contributed by atoms with van der Waals surface area (Å²) in [5.41, 5.74) is 16.7. The molecule has 298 valence electrons. The maximum absolute atomic E-state index is 2.47. The van der Waals surface area contributed by atoms with Gasteiger partial charge in [-0.3, -0.25) is 0 Å². The van der Waals surface area contributed by atoms with Crippen molar-refractivity contribution in [1.29, 1.82) is 0 Å². The first-order chi connectivity index (χ1) is 29.5. The van der Waals surface area contributed by atoms with E-state index in [1.807, 2.05) is 0 Å². The Hall–Kier alpha value is -7.10. The lowest BCUT2D eigenvalue weighted by atomic mass is 9.86. The van der Waals surface area contributed by atoms with Gasteiger partial charge in [-0.05, 0) is 123 Å². The Morgan fingerprint density at radius 1 is 0.361 bits per heavy atom. The number of aromatic nitrogens is 2. The van der Waals surface area contributed by atoms with Crippen LogP contribution in [-0.4, -0.2) is 9.13 Å². The Balaban J connectivity index is 1.16. The lowest BCUT2D eigenvalue weighted by molar-refractivity contribution is 0.590. The van der Waals surface area contributed by atoms with Gasteiger partial charge in [0.15, 0.2) is 0 Å². The maximum Gasteiger partial charge on any atom is 0.0635 e. The average molecular weight is 790 g/mol. The van der Waals surface area contributed by atoms with Crippen LogP contribution in [0.25, 0.3) is 66.3 Å². The van der Waals surface area contributed by atoms with Crippen LogP contribution in [0, 0.1) is 0 Å². The highest BCUT2D eigenvalue weighted by atomic mass is 15.1. The lowest BCUT2D eigenvalue weighted by Gasteiger charge is -2.28. The number of nitrogens with zero attached hydrogens (tertiary/aromatic N) is 3. The van der Waals surface area contributed by atoms with Crippen molar-refractivity contribution in [3.05, 3.63) is 211 Å². The number of fused-ring (bicyclic) bond motifs is 5. The fourth-order valence-electron chi connectivity index (χ4n) is 8.95. The molecule has 2 heterocycles. The van der Waals surface area contributed by atoms with Gasteiger partial charge in [-0.15, -0.1) is 0 Å². The van der Waals surface area contributed by atoms with E-state index in [9.17, 15) is 0 Å². The normalized spacial score (nSPS) is 12.1. The first kappa shape index (κ1) is 38.1. The fourth-order valence-corrected chi connectivity index (χ4v) is 8.95. The van der Waals surface area contributed by atoms with Crippen molar-refractivity contribution in [2.75, 3.05) is 4.90 Å². The van der Waals surface area contributed by atoms with Gasteiger partial charge in [-0.1, -0.05) is 157 Å². The molecular formula is C58H51N3. The van der Waals surface area contributed by atoms with Crippen molar-refractivity contribution in [1.82, 2.24) is 9.13 Å². The highest BCUT2D eigenvalue weighted by Gasteiger charge is 2.21. The molecule has 10 aromatic rings. The monoisotopic (exact) mass is 789 g/mol. The lowest BCUT2D eigenvalue weighted by Crippen LogP contribution is -2.14. The van der Waals surface area contributed by atoms with Crippen LogP contribution in [0.4, 0.5) is 17.1 Å². The van der Waals surface area contributed by atoms with Gasteiger partial charge in [0, 0.05) is 50.8 Å². The molecule has 0 aliphatic carbocycles. The van der Waals surface area contributed by atoms with Crippen LogP contribution in [0.5, 0.6) is 0 Å². The zero-order valence-electron chi connectivity index (χ0n) is 35.9. The van der Waals surface area contributed by atoms with Gasteiger partial charge >= 0.3 is 0 Å². The summed E-state index contributed by atoms with van der Waals surface area (Å²) in [5.74, 6) is 0. The van der Waals surface area contributed by atoms with E-state index in [2.05, 4.69) is 256 Å². The first-order valence-corrected chi connectivity index (χ1v) is 21.4. The van der Waals surface area contributed by atoms with E-state index < -0.39 is 0 Å². The molecule has 8 aromatic carbocycles. The Kier molecular flexibility index (Phi) is 9.29. The number of hydrogen-bond donors (Lipinski definition) is 0. The van der Waals surface area contributed by atoms with Crippen LogP contribution < -0.4 is 4.90 Å². The van der Waals surface area contributed by atoms with Crippen LogP contribution >= 0.6 is 0 Å². The van der Waals surface area contributed by atoms with E-state index in [0.29, 0.717) is 0 Å². The van der Waals surface area contributed by atoms with Crippen molar-refractivity contribution in [2.45, 2.75) is 52.4 Å². The fraction of sp³-hybridized carbons (Fsp3) is 0.138. The summed E-state index contributed by atoms with van der Waals surface area (Å²) in [6, 6.07) is 71.4. The standard InChI is InChI=1S/C58H51N3/c1-57(2,3)44-24-28-46(29-25-44)60(47-30-26-45(27-31-47)58(4,5)6)48-20-15-21-49(39-48)61-55-23-14-13-22-51(55)52-32-33-54-53(56(52)61)34-35-59(54)50-37-42(40-16-9-7-10-17-40)36-43(38-50)41-18-11-8-12-19-41/h7-39H,1-6H3. The number of para-hydroxylation sites is 1. The van der Waals surface area contributed by atoms with E-state index in [0.717, 1.165) is 34.0 Å². The Labute approximate surface area is 359 Å². The summed E-state index contributed by atoms with van der Waals surface area (Å²) in [6.07, 6.45) is 2.24. The van der Waals surface area contributed by atoms with Crippen LogP contribution in [0.15, 0.2) is 200 Å². The quantitative estimate of drug-likeness (QED) is 0.157. The minimum absolute atomic E-state index is 0.0628. The van der Waals surface area contributed by atoms with Gasteiger partial charge in [0.2, 0.25) is 0 Å².